The first-order valence-corrected chi connectivity index (χ1v) is 10.4. The summed E-state index contributed by atoms with van der Waals surface area (Å²) in [5.74, 6) is 0.755. The maximum absolute atomic E-state index is 12.3. The number of carbonyl (C=O) groups excluding carboxylic acids is 1. The standard InChI is InChI=1S/C24H27N3O2/c1-2-29-19-13-11-18(12-14-19)17-25-26-24(28)15-16-27-22-9-5-3-7-20(22)21-8-4-6-10-23(21)27/h3,5,7,9,11-14,17H,2,4,6,8,10,15-16H2,1H3,(H,26,28)/b25-17+. The Balaban J connectivity index is 1.38. The minimum atomic E-state index is -0.0745. The number of fused-ring (bicyclic) bond motifs is 3. The summed E-state index contributed by atoms with van der Waals surface area (Å²) in [5, 5.41) is 5.44. The molecule has 1 N–H and O–H groups in total. The molecule has 1 aliphatic rings. The van der Waals surface area contributed by atoms with E-state index in [0.29, 0.717) is 19.6 Å². The van der Waals surface area contributed by atoms with Crippen LogP contribution in [-0.4, -0.2) is 23.3 Å². The zero-order chi connectivity index (χ0) is 20.1. The van der Waals surface area contributed by atoms with Gasteiger partial charge in [-0.15, -0.1) is 0 Å². The van der Waals surface area contributed by atoms with E-state index in [1.165, 1.54) is 35.0 Å². The van der Waals surface area contributed by atoms with Crippen LogP contribution >= 0.6 is 0 Å². The summed E-state index contributed by atoms with van der Waals surface area (Å²) in [6, 6.07) is 16.2. The van der Waals surface area contributed by atoms with Gasteiger partial charge in [0, 0.05) is 29.6 Å². The van der Waals surface area contributed by atoms with E-state index in [-0.39, 0.29) is 5.91 Å². The summed E-state index contributed by atoms with van der Waals surface area (Å²) in [5.41, 5.74) is 7.68. The molecule has 1 aromatic heterocycles. The summed E-state index contributed by atoms with van der Waals surface area (Å²) in [4.78, 5) is 12.3. The molecular weight excluding hydrogens is 362 g/mol. The molecule has 0 saturated heterocycles. The first-order chi connectivity index (χ1) is 14.3. The number of aryl methyl sites for hydroxylation is 2. The highest BCUT2D eigenvalue weighted by Gasteiger charge is 2.19. The van der Waals surface area contributed by atoms with E-state index in [1.54, 1.807) is 6.21 Å². The lowest BCUT2D eigenvalue weighted by atomic mass is 9.95. The van der Waals surface area contributed by atoms with E-state index < -0.39 is 0 Å². The summed E-state index contributed by atoms with van der Waals surface area (Å²) in [7, 11) is 0. The van der Waals surface area contributed by atoms with Gasteiger partial charge in [0.1, 0.15) is 5.75 Å². The average Bonchev–Trinajstić information content (AvgIpc) is 3.08. The smallest absolute Gasteiger partial charge is 0.241 e. The van der Waals surface area contributed by atoms with Crippen LogP contribution < -0.4 is 10.2 Å². The van der Waals surface area contributed by atoms with Crippen LogP contribution in [0.15, 0.2) is 53.6 Å². The molecule has 4 rings (SSSR count). The van der Waals surface area contributed by atoms with Crippen LogP contribution in [0.1, 0.15) is 43.0 Å². The van der Waals surface area contributed by atoms with E-state index in [2.05, 4.69) is 39.4 Å². The summed E-state index contributed by atoms with van der Waals surface area (Å²) in [6.45, 7) is 3.28. The monoisotopic (exact) mass is 389 g/mol. The molecule has 0 atom stereocenters. The van der Waals surface area contributed by atoms with Gasteiger partial charge in [-0.3, -0.25) is 4.79 Å². The molecule has 150 valence electrons. The fourth-order valence-electron chi connectivity index (χ4n) is 4.11. The van der Waals surface area contributed by atoms with Crippen molar-refractivity contribution in [2.45, 2.75) is 45.6 Å². The van der Waals surface area contributed by atoms with Crippen LogP contribution in [0.4, 0.5) is 0 Å². The van der Waals surface area contributed by atoms with E-state index in [0.717, 1.165) is 24.2 Å². The Hall–Kier alpha value is -3.08. The molecule has 0 unspecified atom stereocenters. The van der Waals surface area contributed by atoms with Crippen LogP contribution in [0.3, 0.4) is 0 Å². The van der Waals surface area contributed by atoms with Crippen molar-refractivity contribution in [3.05, 3.63) is 65.4 Å². The van der Waals surface area contributed by atoms with Gasteiger partial charge in [0.25, 0.3) is 0 Å². The van der Waals surface area contributed by atoms with Gasteiger partial charge < -0.3 is 9.30 Å². The van der Waals surface area contributed by atoms with Crippen LogP contribution in [0.2, 0.25) is 0 Å². The lowest BCUT2D eigenvalue weighted by molar-refractivity contribution is -0.121. The van der Waals surface area contributed by atoms with Gasteiger partial charge in [-0.05, 0) is 74.1 Å². The van der Waals surface area contributed by atoms with Crippen LogP contribution in [0.25, 0.3) is 10.9 Å². The predicted molar refractivity (Wildman–Crippen MR) is 117 cm³/mol. The third-order valence-corrected chi connectivity index (χ3v) is 5.44. The van der Waals surface area contributed by atoms with Gasteiger partial charge in [0.05, 0.1) is 12.8 Å². The minimum absolute atomic E-state index is 0.0745. The number of aromatic nitrogens is 1. The number of nitrogens with zero attached hydrogens (tertiary/aromatic N) is 2. The number of rotatable bonds is 7. The van der Waals surface area contributed by atoms with Crippen molar-refractivity contribution in [2.24, 2.45) is 5.10 Å². The molecule has 0 fully saturated rings. The number of nitrogens with one attached hydrogen (secondary N) is 1. The van der Waals surface area contributed by atoms with Crippen LogP contribution in [0, 0.1) is 0 Å². The predicted octanol–water partition coefficient (Wildman–Crippen LogP) is 4.46. The fraction of sp³-hybridized carbons (Fsp3) is 0.333. The number of para-hydroxylation sites is 1. The maximum Gasteiger partial charge on any atom is 0.241 e. The molecule has 0 spiro atoms. The number of hydrogen-bond donors (Lipinski definition) is 1. The van der Waals surface area contributed by atoms with Crippen molar-refractivity contribution in [1.82, 2.24) is 9.99 Å². The van der Waals surface area contributed by atoms with Crippen molar-refractivity contribution in [3.63, 3.8) is 0 Å². The molecule has 29 heavy (non-hydrogen) atoms. The highest BCUT2D eigenvalue weighted by molar-refractivity contribution is 5.86. The van der Waals surface area contributed by atoms with Crippen molar-refractivity contribution >= 4 is 23.0 Å². The van der Waals surface area contributed by atoms with Gasteiger partial charge in [0.2, 0.25) is 5.91 Å². The quantitative estimate of drug-likeness (QED) is 0.479. The molecule has 1 amide bonds. The molecular formula is C24H27N3O2. The second-order valence-corrected chi connectivity index (χ2v) is 7.35. The van der Waals surface area contributed by atoms with Crippen LogP contribution in [0.5, 0.6) is 5.75 Å². The SMILES string of the molecule is CCOc1ccc(/C=N/NC(=O)CCn2c3c(c4ccccc42)CCCC3)cc1. The summed E-state index contributed by atoms with van der Waals surface area (Å²) >= 11 is 0. The largest absolute Gasteiger partial charge is 0.494 e. The lowest BCUT2D eigenvalue weighted by Gasteiger charge is -2.15. The van der Waals surface area contributed by atoms with Crippen molar-refractivity contribution < 1.29 is 9.53 Å². The van der Waals surface area contributed by atoms with Gasteiger partial charge in [-0.1, -0.05) is 18.2 Å². The van der Waals surface area contributed by atoms with Gasteiger partial charge in [-0.25, -0.2) is 5.43 Å². The molecule has 2 aromatic carbocycles. The zero-order valence-electron chi connectivity index (χ0n) is 16.9. The maximum atomic E-state index is 12.3. The number of amides is 1. The van der Waals surface area contributed by atoms with Crippen molar-refractivity contribution in [2.75, 3.05) is 6.61 Å². The highest BCUT2D eigenvalue weighted by Crippen LogP contribution is 2.32. The topological polar surface area (TPSA) is 55.6 Å². The molecule has 0 aliphatic heterocycles. The molecule has 0 radical (unpaired) electrons. The first kappa shape index (κ1) is 19.2. The first-order valence-electron chi connectivity index (χ1n) is 10.4. The Kier molecular flexibility index (Phi) is 5.94. The second kappa shape index (κ2) is 8.95. The lowest BCUT2D eigenvalue weighted by Crippen LogP contribution is -2.20. The second-order valence-electron chi connectivity index (χ2n) is 7.35. The molecule has 0 bridgehead atoms. The van der Waals surface area contributed by atoms with Crippen molar-refractivity contribution in [1.29, 1.82) is 0 Å². The Morgan fingerprint density at radius 2 is 1.93 bits per heavy atom. The number of benzene rings is 2. The number of carbonyl (C=O) groups is 1. The van der Waals surface area contributed by atoms with E-state index >= 15 is 0 Å². The molecule has 3 aromatic rings. The molecule has 5 heteroatoms. The van der Waals surface area contributed by atoms with Crippen LogP contribution in [-0.2, 0) is 24.2 Å². The number of hydrogen-bond acceptors (Lipinski definition) is 3. The van der Waals surface area contributed by atoms with Gasteiger partial charge in [-0.2, -0.15) is 5.10 Å². The Labute approximate surface area is 171 Å². The van der Waals surface area contributed by atoms with E-state index in [4.69, 9.17) is 4.74 Å². The number of hydrazone groups is 1. The average molecular weight is 389 g/mol. The highest BCUT2D eigenvalue weighted by atomic mass is 16.5. The van der Waals surface area contributed by atoms with E-state index in [9.17, 15) is 4.79 Å². The number of ether oxygens (including phenoxy) is 1. The zero-order valence-corrected chi connectivity index (χ0v) is 16.9. The van der Waals surface area contributed by atoms with Gasteiger partial charge in [0.15, 0.2) is 0 Å². The molecule has 1 aliphatic carbocycles. The molecule has 5 nitrogen and oxygen atoms in total. The normalized spacial score (nSPS) is 13.6. The van der Waals surface area contributed by atoms with Crippen molar-refractivity contribution in [3.8, 4) is 5.75 Å². The molecule has 1 heterocycles. The Morgan fingerprint density at radius 1 is 1.14 bits per heavy atom. The van der Waals surface area contributed by atoms with Gasteiger partial charge >= 0.3 is 0 Å². The van der Waals surface area contributed by atoms with E-state index in [1.807, 2.05) is 31.2 Å². The summed E-state index contributed by atoms with van der Waals surface area (Å²) < 4.78 is 7.76. The Bertz CT molecular complexity index is 1020. The summed E-state index contributed by atoms with van der Waals surface area (Å²) in [6.07, 6.45) is 6.78. The Morgan fingerprint density at radius 3 is 2.76 bits per heavy atom. The fourth-order valence-corrected chi connectivity index (χ4v) is 4.11. The minimum Gasteiger partial charge on any atom is -0.494 e. The third kappa shape index (κ3) is 4.34. The molecule has 0 saturated carbocycles. The third-order valence-electron chi connectivity index (χ3n) is 5.44.